The Morgan fingerprint density at radius 1 is 1.11 bits per heavy atom. The van der Waals surface area contributed by atoms with Gasteiger partial charge in [0.25, 0.3) is 0 Å². The van der Waals surface area contributed by atoms with Gasteiger partial charge in [-0.3, -0.25) is 0 Å². The van der Waals surface area contributed by atoms with Crippen LogP contribution in [0.4, 0.5) is 0 Å². The highest BCUT2D eigenvalue weighted by Crippen LogP contribution is 2.15. The molecule has 0 atom stereocenters. The molecule has 0 aliphatic rings. The normalized spacial score (nSPS) is 13.1. The van der Waals surface area contributed by atoms with E-state index in [0.717, 1.165) is 6.42 Å². The van der Waals surface area contributed by atoms with Crippen molar-refractivity contribution in [3.05, 3.63) is 59.8 Å². The Kier molecular flexibility index (Phi) is 13.8. The largest absolute Gasteiger partial charge is 0.124 e. The van der Waals surface area contributed by atoms with Crippen LogP contribution in [0.3, 0.4) is 0 Å². The van der Waals surface area contributed by atoms with Crippen LogP contribution in [0.25, 0.3) is 0 Å². The maximum Gasteiger partial charge on any atom is -0.0191 e. The first kappa shape index (κ1) is 18.6. The molecule has 0 aromatic rings. The van der Waals surface area contributed by atoms with E-state index < -0.39 is 0 Å². The van der Waals surface area contributed by atoms with E-state index in [1.165, 1.54) is 23.1 Å². The molecular formula is C18H26. The minimum absolute atomic E-state index is 1.13. The number of terminal acetylenes is 1. The fraction of sp³-hybridized carbons (Fsp3) is 0.333. The lowest BCUT2D eigenvalue weighted by Gasteiger charge is -2.03. The monoisotopic (exact) mass is 242 g/mol. The molecule has 0 aliphatic carbocycles. The lowest BCUT2D eigenvalue weighted by Crippen LogP contribution is -1.84. The maximum absolute atomic E-state index is 4.00. The molecule has 0 heteroatoms. The van der Waals surface area contributed by atoms with Gasteiger partial charge in [0.1, 0.15) is 0 Å². The van der Waals surface area contributed by atoms with Gasteiger partial charge >= 0.3 is 0 Å². The number of rotatable bonds is 6. The van der Waals surface area contributed by atoms with Gasteiger partial charge in [0.15, 0.2) is 0 Å². The SMILES string of the molecule is C#C.C=CC(=C\C(C)=C/C)/C(/C=C\CCC)=C/C. The van der Waals surface area contributed by atoms with E-state index in [4.69, 9.17) is 0 Å². The number of allylic oxidation sites excluding steroid dienone is 9. The molecule has 0 N–H and O–H groups in total. The van der Waals surface area contributed by atoms with Gasteiger partial charge in [-0.2, -0.15) is 0 Å². The summed E-state index contributed by atoms with van der Waals surface area (Å²) in [6.07, 6.45) is 23.0. The summed E-state index contributed by atoms with van der Waals surface area (Å²) in [4.78, 5) is 0. The summed E-state index contributed by atoms with van der Waals surface area (Å²) < 4.78 is 0. The smallest absolute Gasteiger partial charge is 0.0191 e. The van der Waals surface area contributed by atoms with Gasteiger partial charge in [-0.05, 0) is 38.3 Å². The Bertz CT molecular complexity index is 357. The summed E-state index contributed by atoms with van der Waals surface area (Å²) in [7, 11) is 0. The van der Waals surface area contributed by atoms with Crippen LogP contribution < -0.4 is 0 Å². The Labute approximate surface area is 114 Å². The summed E-state index contributed by atoms with van der Waals surface area (Å²) >= 11 is 0. The van der Waals surface area contributed by atoms with Crippen molar-refractivity contribution in [1.82, 2.24) is 0 Å². The van der Waals surface area contributed by atoms with E-state index in [1.54, 1.807) is 0 Å². The first-order valence-corrected chi connectivity index (χ1v) is 6.33. The number of hydrogen-bond donors (Lipinski definition) is 0. The quantitative estimate of drug-likeness (QED) is 0.419. The first-order chi connectivity index (χ1) is 8.69. The fourth-order valence-electron chi connectivity index (χ4n) is 1.32. The predicted molar refractivity (Wildman–Crippen MR) is 85.4 cm³/mol. The van der Waals surface area contributed by atoms with E-state index in [-0.39, 0.29) is 0 Å². The molecule has 18 heavy (non-hydrogen) atoms. The van der Waals surface area contributed by atoms with Crippen molar-refractivity contribution in [1.29, 1.82) is 0 Å². The number of hydrogen-bond acceptors (Lipinski definition) is 0. The zero-order valence-electron chi connectivity index (χ0n) is 12.2. The molecule has 0 aromatic carbocycles. The Morgan fingerprint density at radius 2 is 1.72 bits per heavy atom. The molecule has 0 saturated carbocycles. The first-order valence-electron chi connectivity index (χ1n) is 6.33. The Morgan fingerprint density at radius 3 is 2.11 bits per heavy atom. The second kappa shape index (κ2) is 13.3. The zero-order chi connectivity index (χ0) is 14.4. The molecule has 0 spiro atoms. The summed E-state index contributed by atoms with van der Waals surface area (Å²) in [6.45, 7) is 12.3. The molecule has 0 rings (SSSR count). The number of unbranched alkanes of at least 4 members (excludes halogenated alkanes) is 1. The van der Waals surface area contributed by atoms with Crippen LogP contribution in [-0.2, 0) is 0 Å². The summed E-state index contributed by atoms with van der Waals surface area (Å²) in [5, 5.41) is 0. The van der Waals surface area contributed by atoms with Crippen molar-refractivity contribution in [2.75, 3.05) is 0 Å². The van der Waals surface area contributed by atoms with Crippen molar-refractivity contribution in [3.8, 4) is 12.8 Å². The molecule has 98 valence electrons. The highest BCUT2D eigenvalue weighted by molar-refractivity contribution is 5.48. The topological polar surface area (TPSA) is 0 Å². The van der Waals surface area contributed by atoms with Gasteiger partial charge in [-0.15, -0.1) is 12.8 Å². The second-order valence-electron chi connectivity index (χ2n) is 3.77. The highest BCUT2D eigenvalue weighted by atomic mass is 14.0. The van der Waals surface area contributed by atoms with Crippen molar-refractivity contribution in [2.45, 2.75) is 40.5 Å². The Balaban J connectivity index is 0. The van der Waals surface area contributed by atoms with E-state index >= 15 is 0 Å². The Hall–Kier alpha value is -1.74. The van der Waals surface area contributed by atoms with Gasteiger partial charge in [0, 0.05) is 0 Å². The molecular weight excluding hydrogens is 216 g/mol. The van der Waals surface area contributed by atoms with Crippen molar-refractivity contribution < 1.29 is 0 Å². The molecule has 0 aliphatic heterocycles. The molecule has 0 heterocycles. The molecule has 0 saturated heterocycles. The van der Waals surface area contributed by atoms with Gasteiger partial charge < -0.3 is 0 Å². The van der Waals surface area contributed by atoms with Crippen molar-refractivity contribution >= 4 is 0 Å². The third-order valence-corrected chi connectivity index (χ3v) is 2.46. The molecule has 0 unspecified atom stereocenters. The molecule has 0 aromatic heterocycles. The minimum atomic E-state index is 1.13. The average molecular weight is 242 g/mol. The van der Waals surface area contributed by atoms with Gasteiger partial charge in [-0.1, -0.05) is 62.0 Å². The third kappa shape index (κ3) is 8.42. The molecule has 0 amide bonds. The van der Waals surface area contributed by atoms with Crippen LogP contribution in [0.1, 0.15) is 40.5 Å². The van der Waals surface area contributed by atoms with E-state index in [0.29, 0.717) is 0 Å². The molecule has 0 nitrogen and oxygen atoms in total. The standard InChI is InChI=1S/C16H24.C2H2/c1-6-10-11-12-15(8-3)16(9-4)13-14(5)7-2;1-2/h7-9,11-13H,4,6,10H2,1-3,5H3;1-2H/b12-11-,14-7-,15-8+,16-13+;. The van der Waals surface area contributed by atoms with Gasteiger partial charge in [-0.25, -0.2) is 0 Å². The molecule has 0 fully saturated rings. The highest BCUT2D eigenvalue weighted by Gasteiger charge is 1.96. The average Bonchev–Trinajstić information content (AvgIpc) is 2.43. The van der Waals surface area contributed by atoms with Crippen LogP contribution in [0.2, 0.25) is 0 Å². The van der Waals surface area contributed by atoms with Crippen LogP contribution in [-0.4, -0.2) is 0 Å². The predicted octanol–water partition coefficient (Wildman–Crippen LogP) is 5.62. The van der Waals surface area contributed by atoms with Crippen LogP contribution in [0, 0.1) is 12.8 Å². The van der Waals surface area contributed by atoms with Gasteiger partial charge in [0.05, 0.1) is 0 Å². The van der Waals surface area contributed by atoms with E-state index in [9.17, 15) is 0 Å². The summed E-state index contributed by atoms with van der Waals surface area (Å²) in [5.41, 5.74) is 3.69. The van der Waals surface area contributed by atoms with E-state index in [1.807, 2.05) is 6.08 Å². The van der Waals surface area contributed by atoms with Crippen molar-refractivity contribution in [2.24, 2.45) is 0 Å². The van der Waals surface area contributed by atoms with Gasteiger partial charge in [0.2, 0.25) is 0 Å². The summed E-state index contributed by atoms with van der Waals surface area (Å²) in [6, 6.07) is 0. The van der Waals surface area contributed by atoms with Crippen LogP contribution >= 0.6 is 0 Å². The fourth-order valence-corrected chi connectivity index (χ4v) is 1.32. The van der Waals surface area contributed by atoms with Crippen LogP contribution in [0.15, 0.2) is 59.8 Å². The van der Waals surface area contributed by atoms with Crippen molar-refractivity contribution in [3.63, 3.8) is 0 Å². The zero-order valence-corrected chi connectivity index (χ0v) is 12.2. The lowest BCUT2D eigenvalue weighted by atomic mass is 10.0. The second-order valence-corrected chi connectivity index (χ2v) is 3.77. The lowest BCUT2D eigenvalue weighted by molar-refractivity contribution is 0.958. The maximum atomic E-state index is 4.00. The van der Waals surface area contributed by atoms with Crippen LogP contribution in [0.5, 0.6) is 0 Å². The third-order valence-electron chi connectivity index (χ3n) is 2.46. The molecule has 0 bridgehead atoms. The molecule has 0 radical (unpaired) electrons. The summed E-state index contributed by atoms with van der Waals surface area (Å²) in [5.74, 6) is 0. The minimum Gasteiger partial charge on any atom is -0.124 e. The van der Waals surface area contributed by atoms with E-state index in [2.05, 4.69) is 77.5 Å².